The Morgan fingerprint density at radius 3 is 2.86 bits per heavy atom. The van der Waals surface area contributed by atoms with Crippen LogP contribution in [0.25, 0.3) is 0 Å². The highest BCUT2D eigenvalue weighted by Crippen LogP contribution is 2.43. The highest BCUT2D eigenvalue weighted by molar-refractivity contribution is 8.00. The number of fused-ring (bicyclic) bond motifs is 1. The number of carbonyl (C=O) groups excluding carboxylic acids is 1. The molecule has 3 heteroatoms. The molecule has 0 aromatic heterocycles. The van der Waals surface area contributed by atoms with Gasteiger partial charge in [-0.3, -0.25) is 4.79 Å². The van der Waals surface area contributed by atoms with Crippen LogP contribution in [0.3, 0.4) is 0 Å². The van der Waals surface area contributed by atoms with Crippen LogP contribution in [0.2, 0.25) is 0 Å². The van der Waals surface area contributed by atoms with E-state index in [1.807, 2.05) is 13.8 Å². The fourth-order valence-corrected chi connectivity index (χ4v) is 2.91. The van der Waals surface area contributed by atoms with Gasteiger partial charge in [0.1, 0.15) is 5.75 Å². The number of phenolic OH excluding ortho intramolecular Hbond substituents is 1. The summed E-state index contributed by atoms with van der Waals surface area (Å²) in [5.41, 5.74) is 0.743. The van der Waals surface area contributed by atoms with Crippen molar-refractivity contribution in [3.05, 3.63) is 23.8 Å². The van der Waals surface area contributed by atoms with E-state index >= 15 is 0 Å². The molecule has 1 aromatic rings. The first kappa shape index (κ1) is 9.59. The van der Waals surface area contributed by atoms with Gasteiger partial charge >= 0.3 is 0 Å². The second-order valence-corrected chi connectivity index (χ2v) is 5.89. The third-order valence-corrected chi connectivity index (χ3v) is 3.49. The molecule has 0 amide bonds. The minimum atomic E-state index is -0.0577. The number of benzene rings is 1. The molecule has 0 bridgehead atoms. The molecular formula is C11H12O2S. The lowest BCUT2D eigenvalue weighted by Gasteiger charge is -2.29. The quantitative estimate of drug-likeness (QED) is 0.712. The Balaban J connectivity index is 2.51. The average Bonchev–Trinajstić information content (AvgIpc) is 2.00. The van der Waals surface area contributed by atoms with Crippen LogP contribution < -0.4 is 0 Å². The van der Waals surface area contributed by atoms with Crippen molar-refractivity contribution in [3.8, 4) is 5.75 Å². The fourth-order valence-electron chi connectivity index (χ4n) is 1.64. The summed E-state index contributed by atoms with van der Waals surface area (Å²) in [5, 5.41) is 9.32. The molecule has 0 atom stereocenters. The van der Waals surface area contributed by atoms with Crippen LogP contribution in [-0.4, -0.2) is 15.6 Å². The third-order valence-electron chi connectivity index (χ3n) is 2.24. The van der Waals surface area contributed by atoms with Crippen molar-refractivity contribution in [2.45, 2.75) is 29.9 Å². The predicted octanol–water partition coefficient (Wildman–Crippen LogP) is 2.85. The standard InChI is InChI=1S/C11H12O2S/c1-11(2)6-9(13)8-4-3-7(12)5-10(8)14-11/h3-5,12H,6H2,1-2H3. The minimum Gasteiger partial charge on any atom is -0.508 e. The van der Waals surface area contributed by atoms with Crippen LogP contribution in [-0.2, 0) is 0 Å². The van der Waals surface area contributed by atoms with Crippen LogP contribution in [0, 0.1) is 0 Å². The maximum Gasteiger partial charge on any atom is 0.165 e. The number of rotatable bonds is 0. The van der Waals surface area contributed by atoms with E-state index in [1.54, 1.807) is 30.0 Å². The van der Waals surface area contributed by atoms with E-state index in [9.17, 15) is 9.90 Å². The average molecular weight is 208 g/mol. The predicted molar refractivity (Wildman–Crippen MR) is 57.0 cm³/mol. The lowest BCUT2D eigenvalue weighted by molar-refractivity contribution is 0.0967. The summed E-state index contributed by atoms with van der Waals surface area (Å²) < 4.78 is -0.0577. The number of phenols is 1. The summed E-state index contributed by atoms with van der Waals surface area (Å²) in [6.45, 7) is 4.09. The van der Waals surface area contributed by atoms with Crippen LogP contribution in [0.4, 0.5) is 0 Å². The van der Waals surface area contributed by atoms with Crippen molar-refractivity contribution in [1.82, 2.24) is 0 Å². The maximum absolute atomic E-state index is 11.7. The first-order valence-corrected chi connectivity index (χ1v) is 5.35. The Kier molecular flexibility index (Phi) is 2.07. The number of carbonyl (C=O) groups is 1. The van der Waals surface area contributed by atoms with E-state index < -0.39 is 0 Å². The first-order chi connectivity index (χ1) is 6.48. The van der Waals surface area contributed by atoms with Gasteiger partial charge in [0.2, 0.25) is 0 Å². The molecular weight excluding hydrogens is 196 g/mol. The van der Waals surface area contributed by atoms with Gasteiger partial charge in [-0.15, -0.1) is 11.8 Å². The van der Waals surface area contributed by atoms with Crippen molar-refractivity contribution in [2.75, 3.05) is 0 Å². The number of Topliss-reactive ketones (excluding diaryl/α,β-unsaturated/α-hetero) is 1. The van der Waals surface area contributed by atoms with Crippen molar-refractivity contribution in [1.29, 1.82) is 0 Å². The van der Waals surface area contributed by atoms with E-state index in [0.29, 0.717) is 6.42 Å². The van der Waals surface area contributed by atoms with Crippen LogP contribution >= 0.6 is 11.8 Å². The van der Waals surface area contributed by atoms with Crippen LogP contribution in [0.1, 0.15) is 30.6 Å². The monoisotopic (exact) mass is 208 g/mol. The highest BCUT2D eigenvalue weighted by atomic mass is 32.2. The molecule has 74 valence electrons. The van der Waals surface area contributed by atoms with Crippen molar-refractivity contribution in [3.63, 3.8) is 0 Å². The van der Waals surface area contributed by atoms with Gasteiger partial charge in [-0.1, -0.05) is 0 Å². The Hall–Kier alpha value is -0.960. The van der Waals surface area contributed by atoms with Gasteiger partial charge in [-0.2, -0.15) is 0 Å². The van der Waals surface area contributed by atoms with Gasteiger partial charge in [0.25, 0.3) is 0 Å². The molecule has 1 heterocycles. The molecule has 0 saturated heterocycles. The number of aromatic hydroxyl groups is 1. The maximum atomic E-state index is 11.7. The van der Waals surface area contributed by atoms with E-state index in [-0.39, 0.29) is 16.3 Å². The second kappa shape index (κ2) is 3.02. The van der Waals surface area contributed by atoms with E-state index in [1.165, 1.54) is 0 Å². The molecule has 2 rings (SSSR count). The van der Waals surface area contributed by atoms with Gasteiger partial charge < -0.3 is 5.11 Å². The Bertz CT molecular complexity index is 396. The molecule has 1 N–H and O–H groups in total. The highest BCUT2D eigenvalue weighted by Gasteiger charge is 2.31. The molecule has 0 spiro atoms. The molecule has 14 heavy (non-hydrogen) atoms. The number of ketones is 1. The minimum absolute atomic E-state index is 0.0577. The molecule has 2 nitrogen and oxygen atoms in total. The third kappa shape index (κ3) is 1.64. The molecule has 0 aliphatic carbocycles. The molecule has 1 aliphatic heterocycles. The summed E-state index contributed by atoms with van der Waals surface area (Å²) in [7, 11) is 0. The summed E-state index contributed by atoms with van der Waals surface area (Å²) >= 11 is 1.65. The van der Waals surface area contributed by atoms with E-state index in [4.69, 9.17) is 0 Å². The number of hydrogen-bond donors (Lipinski definition) is 1. The molecule has 0 unspecified atom stereocenters. The van der Waals surface area contributed by atoms with Gasteiger partial charge in [-0.05, 0) is 32.0 Å². The molecule has 0 radical (unpaired) electrons. The lowest BCUT2D eigenvalue weighted by atomic mass is 9.99. The largest absolute Gasteiger partial charge is 0.508 e. The topological polar surface area (TPSA) is 37.3 Å². The van der Waals surface area contributed by atoms with Gasteiger partial charge in [0.15, 0.2) is 5.78 Å². The zero-order chi connectivity index (χ0) is 10.3. The Morgan fingerprint density at radius 2 is 2.14 bits per heavy atom. The van der Waals surface area contributed by atoms with Gasteiger partial charge in [0.05, 0.1) is 0 Å². The van der Waals surface area contributed by atoms with Gasteiger partial charge in [0, 0.05) is 21.6 Å². The summed E-state index contributed by atoms with van der Waals surface area (Å²) in [5.74, 6) is 0.394. The summed E-state index contributed by atoms with van der Waals surface area (Å²) in [6.07, 6.45) is 0.565. The van der Waals surface area contributed by atoms with Gasteiger partial charge in [-0.25, -0.2) is 0 Å². The molecule has 1 aliphatic rings. The van der Waals surface area contributed by atoms with E-state index in [0.717, 1.165) is 10.5 Å². The fraction of sp³-hybridized carbons (Fsp3) is 0.364. The van der Waals surface area contributed by atoms with Crippen molar-refractivity contribution >= 4 is 17.5 Å². The van der Waals surface area contributed by atoms with Crippen molar-refractivity contribution in [2.24, 2.45) is 0 Å². The van der Waals surface area contributed by atoms with Crippen LogP contribution in [0.5, 0.6) is 5.75 Å². The summed E-state index contributed by atoms with van der Waals surface area (Å²) in [6, 6.07) is 4.93. The zero-order valence-electron chi connectivity index (χ0n) is 8.20. The number of hydrogen-bond acceptors (Lipinski definition) is 3. The van der Waals surface area contributed by atoms with Crippen molar-refractivity contribution < 1.29 is 9.90 Å². The zero-order valence-corrected chi connectivity index (χ0v) is 9.02. The molecule has 0 fully saturated rings. The normalized spacial score (nSPS) is 19.1. The second-order valence-electron chi connectivity index (χ2n) is 4.14. The lowest BCUT2D eigenvalue weighted by Crippen LogP contribution is -2.25. The van der Waals surface area contributed by atoms with Crippen LogP contribution in [0.15, 0.2) is 23.1 Å². The smallest absolute Gasteiger partial charge is 0.165 e. The number of thioether (sulfide) groups is 1. The molecule has 0 saturated carbocycles. The first-order valence-electron chi connectivity index (χ1n) is 4.53. The Labute approximate surface area is 87.3 Å². The SMILES string of the molecule is CC1(C)CC(=O)c2ccc(O)cc2S1. The Morgan fingerprint density at radius 1 is 1.43 bits per heavy atom. The molecule has 1 aromatic carbocycles. The summed E-state index contributed by atoms with van der Waals surface area (Å²) in [4.78, 5) is 12.6. The van der Waals surface area contributed by atoms with E-state index in [2.05, 4.69) is 0 Å².